The molecule has 1 heterocycles. The van der Waals surface area contributed by atoms with Gasteiger partial charge in [0.2, 0.25) is 0 Å². The number of benzene rings is 2. The van der Waals surface area contributed by atoms with Gasteiger partial charge in [-0.1, -0.05) is 15.9 Å². The Bertz CT molecular complexity index is 1000. The van der Waals surface area contributed by atoms with E-state index in [1.54, 1.807) is 24.3 Å². The Morgan fingerprint density at radius 1 is 1.10 bits per heavy atom. The number of nitrogens with zero attached hydrogens (tertiary/aromatic N) is 1. The molecule has 2 N–H and O–H groups in total. The third kappa shape index (κ3) is 4.91. The van der Waals surface area contributed by atoms with E-state index in [4.69, 9.17) is 9.47 Å². The molecular formula is C19H16BrN3O6. The highest BCUT2D eigenvalue weighted by molar-refractivity contribution is 9.10. The van der Waals surface area contributed by atoms with Gasteiger partial charge in [0.25, 0.3) is 11.6 Å². The van der Waals surface area contributed by atoms with Crippen molar-refractivity contribution in [2.24, 2.45) is 0 Å². The van der Waals surface area contributed by atoms with Crippen molar-refractivity contribution in [2.45, 2.75) is 13.5 Å². The SMILES string of the molecule is CCOc1cc(/C=C2/NC(=O)NC2=O)c(Br)cc1OCc1ccc([N+](=O)[O-])cc1. The molecule has 9 nitrogen and oxygen atoms in total. The summed E-state index contributed by atoms with van der Waals surface area (Å²) in [4.78, 5) is 33.3. The predicted molar refractivity (Wildman–Crippen MR) is 107 cm³/mol. The first-order chi connectivity index (χ1) is 13.9. The average molecular weight is 462 g/mol. The maximum Gasteiger partial charge on any atom is 0.326 e. The number of hydrogen-bond acceptors (Lipinski definition) is 6. The van der Waals surface area contributed by atoms with Crippen molar-refractivity contribution in [1.29, 1.82) is 0 Å². The number of nitro groups is 1. The smallest absolute Gasteiger partial charge is 0.326 e. The van der Waals surface area contributed by atoms with Crippen LogP contribution in [-0.2, 0) is 11.4 Å². The molecule has 0 spiro atoms. The number of halogens is 1. The molecule has 0 aliphatic carbocycles. The van der Waals surface area contributed by atoms with Gasteiger partial charge in [0, 0.05) is 16.6 Å². The van der Waals surface area contributed by atoms with E-state index in [1.807, 2.05) is 6.92 Å². The number of nitrogens with one attached hydrogen (secondary N) is 2. The number of amides is 3. The number of urea groups is 1. The van der Waals surface area contributed by atoms with Crippen LogP contribution in [0.15, 0.2) is 46.6 Å². The number of rotatable bonds is 7. The first kappa shape index (κ1) is 20.3. The van der Waals surface area contributed by atoms with Gasteiger partial charge in [0.05, 0.1) is 11.5 Å². The molecule has 29 heavy (non-hydrogen) atoms. The van der Waals surface area contributed by atoms with Crippen LogP contribution in [0.5, 0.6) is 11.5 Å². The summed E-state index contributed by atoms with van der Waals surface area (Å²) in [6.45, 7) is 2.40. The lowest BCUT2D eigenvalue weighted by molar-refractivity contribution is -0.384. The molecule has 0 bridgehead atoms. The Hall–Kier alpha value is -3.40. The fourth-order valence-electron chi connectivity index (χ4n) is 2.56. The molecule has 3 rings (SSSR count). The second-order valence-corrected chi connectivity index (χ2v) is 6.79. The molecule has 3 amide bonds. The van der Waals surface area contributed by atoms with Crippen molar-refractivity contribution in [3.05, 3.63) is 67.8 Å². The standard InChI is InChI=1S/C19H16BrN3O6/c1-2-28-16-8-12(7-15-18(24)22-19(25)21-15)14(20)9-17(16)29-10-11-3-5-13(6-4-11)23(26)27/h3-9H,2,10H2,1H3,(H2,21,22,24,25)/b15-7+. The molecule has 0 radical (unpaired) electrons. The highest BCUT2D eigenvalue weighted by atomic mass is 79.9. The molecule has 10 heteroatoms. The first-order valence-corrected chi connectivity index (χ1v) is 9.33. The molecule has 1 saturated heterocycles. The number of carbonyl (C=O) groups is 2. The molecule has 0 unspecified atom stereocenters. The molecule has 0 atom stereocenters. The van der Waals surface area contributed by atoms with E-state index in [-0.39, 0.29) is 18.0 Å². The van der Waals surface area contributed by atoms with Crippen LogP contribution in [0, 0.1) is 10.1 Å². The zero-order valence-corrected chi connectivity index (χ0v) is 16.8. The summed E-state index contributed by atoms with van der Waals surface area (Å²) in [5, 5.41) is 15.3. The van der Waals surface area contributed by atoms with Crippen molar-refractivity contribution in [3.63, 3.8) is 0 Å². The van der Waals surface area contributed by atoms with Crippen molar-refractivity contribution >= 4 is 39.6 Å². The number of imide groups is 1. The van der Waals surface area contributed by atoms with Gasteiger partial charge in [0.1, 0.15) is 12.3 Å². The van der Waals surface area contributed by atoms with Crippen LogP contribution in [0.25, 0.3) is 6.08 Å². The summed E-state index contributed by atoms with van der Waals surface area (Å²) in [5.41, 5.74) is 1.50. The van der Waals surface area contributed by atoms with Gasteiger partial charge in [-0.2, -0.15) is 0 Å². The Morgan fingerprint density at radius 3 is 2.38 bits per heavy atom. The molecule has 2 aromatic carbocycles. The summed E-state index contributed by atoms with van der Waals surface area (Å²) in [5.74, 6) is 0.395. The summed E-state index contributed by atoms with van der Waals surface area (Å²) in [7, 11) is 0. The zero-order valence-electron chi connectivity index (χ0n) is 15.2. The van der Waals surface area contributed by atoms with Crippen LogP contribution < -0.4 is 20.1 Å². The topological polar surface area (TPSA) is 120 Å². The van der Waals surface area contributed by atoms with Crippen molar-refractivity contribution in [1.82, 2.24) is 10.6 Å². The lowest BCUT2D eigenvalue weighted by Gasteiger charge is -2.14. The second kappa shape index (κ2) is 8.74. The van der Waals surface area contributed by atoms with Crippen molar-refractivity contribution in [3.8, 4) is 11.5 Å². The van der Waals surface area contributed by atoms with Gasteiger partial charge in [-0.25, -0.2) is 4.79 Å². The predicted octanol–water partition coefficient (Wildman–Crippen LogP) is 3.52. The molecule has 0 saturated carbocycles. The van der Waals surface area contributed by atoms with Crippen LogP contribution in [0.4, 0.5) is 10.5 Å². The number of non-ortho nitro benzene ring substituents is 1. The Labute approximate surface area is 174 Å². The minimum atomic E-state index is -0.578. The monoisotopic (exact) mass is 461 g/mol. The summed E-state index contributed by atoms with van der Waals surface area (Å²) in [6, 6.07) is 8.86. The van der Waals surface area contributed by atoms with E-state index in [2.05, 4.69) is 26.6 Å². The molecule has 1 aliphatic heterocycles. The van der Waals surface area contributed by atoms with Gasteiger partial charge in [-0.15, -0.1) is 0 Å². The molecular weight excluding hydrogens is 446 g/mol. The Balaban J connectivity index is 1.82. The molecule has 1 fully saturated rings. The summed E-state index contributed by atoms with van der Waals surface area (Å²) < 4.78 is 12.1. The molecule has 2 aromatic rings. The van der Waals surface area contributed by atoms with E-state index < -0.39 is 16.9 Å². The lowest BCUT2D eigenvalue weighted by atomic mass is 10.1. The van der Waals surface area contributed by atoms with E-state index in [9.17, 15) is 19.7 Å². The van der Waals surface area contributed by atoms with E-state index in [0.717, 1.165) is 5.56 Å². The third-order valence-electron chi connectivity index (χ3n) is 3.92. The molecule has 150 valence electrons. The van der Waals surface area contributed by atoms with Gasteiger partial charge in [-0.3, -0.25) is 20.2 Å². The molecule has 1 aliphatic rings. The van der Waals surface area contributed by atoms with Gasteiger partial charge in [-0.05, 0) is 48.4 Å². The molecule has 0 aromatic heterocycles. The number of nitro benzene ring substituents is 1. The Kier molecular flexibility index (Phi) is 6.13. The minimum Gasteiger partial charge on any atom is -0.490 e. The van der Waals surface area contributed by atoms with Crippen LogP contribution in [0.3, 0.4) is 0 Å². The van der Waals surface area contributed by atoms with Crippen molar-refractivity contribution < 1.29 is 24.0 Å². The number of carbonyl (C=O) groups excluding carboxylic acids is 2. The highest BCUT2D eigenvalue weighted by Crippen LogP contribution is 2.35. The van der Waals surface area contributed by atoms with E-state index in [1.165, 1.54) is 18.2 Å². The third-order valence-corrected chi connectivity index (χ3v) is 4.61. The maximum atomic E-state index is 11.7. The normalized spacial score (nSPS) is 14.5. The van der Waals surface area contributed by atoms with E-state index >= 15 is 0 Å². The van der Waals surface area contributed by atoms with Crippen LogP contribution in [0.2, 0.25) is 0 Å². The Morgan fingerprint density at radius 2 is 1.79 bits per heavy atom. The summed E-state index contributed by atoms with van der Waals surface area (Å²) in [6.07, 6.45) is 1.52. The van der Waals surface area contributed by atoms with E-state index in [0.29, 0.717) is 28.1 Å². The zero-order chi connectivity index (χ0) is 21.0. The number of hydrogen-bond donors (Lipinski definition) is 2. The second-order valence-electron chi connectivity index (χ2n) is 5.93. The highest BCUT2D eigenvalue weighted by Gasteiger charge is 2.23. The van der Waals surface area contributed by atoms with Gasteiger partial charge >= 0.3 is 6.03 Å². The van der Waals surface area contributed by atoms with Gasteiger partial charge < -0.3 is 14.8 Å². The lowest BCUT2D eigenvalue weighted by Crippen LogP contribution is -2.22. The van der Waals surface area contributed by atoms with Crippen LogP contribution in [-0.4, -0.2) is 23.5 Å². The van der Waals surface area contributed by atoms with Crippen LogP contribution >= 0.6 is 15.9 Å². The number of ether oxygens (including phenoxy) is 2. The fourth-order valence-corrected chi connectivity index (χ4v) is 2.99. The maximum absolute atomic E-state index is 11.7. The minimum absolute atomic E-state index is 0.00642. The largest absolute Gasteiger partial charge is 0.490 e. The quantitative estimate of drug-likeness (QED) is 0.281. The summed E-state index contributed by atoms with van der Waals surface area (Å²) >= 11 is 3.43. The average Bonchev–Trinajstić information content (AvgIpc) is 3.00. The van der Waals surface area contributed by atoms with Crippen molar-refractivity contribution in [2.75, 3.05) is 6.61 Å². The fraction of sp³-hybridized carbons (Fsp3) is 0.158. The van der Waals surface area contributed by atoms with Crippen LogP contribution in [0.1, 0.15) is 18.1 Å². The first-order valence-electron chi connectivity index (χ1n) is 8.54. The van der Waals surface area contributed by atoms with Gasteiger partial charge in [0.15, 0.2) is 11.5 Å².